The minimum atomic E-state index is -0.153. The molecule has 0 fully saturated rings. The predicted molar refractivity (Wildman–Crippen MR) is 92.6 cm³/mol. The van der Waals surface area contributed by atoms with Crippen LogP contribution in [0, 0.1) is 0 Å². The van der Waals surface area contributed by atoms with E-state index in [1.165, 1.54) is 0 Å². The first-order valence-corrected chi connectivity index (χ1v) is 7.68. The van der Waals surface area contributed by atoms with Gasteiger partial charge >= 0.3 is 0 Å². The average Bonchev–Trinajstić information content (AvgIpc) is 2.37. The van der Waals surface area contributed by atoms with Gasteiger partial charge in [0.15, 0.2) is 0 Å². The number of hydrogen-bond acceptors (Lipinski definition) is 2. The molecule has 2 heteroatoms. The fraction of sp³-hybridized carbons (Fsp3) is 0.400. The van der Waals surface area contributed by atoms with E-state index in [0.717, 1.165) is 22.3 Å². The Balaban J connectivity index is 2.83. The lowest BCUT2D eigenvalue weighted by molar-refractivity contribution is 0.436. The van der Waals surface area contributed by atoms with Gasteiger partial charge in [0.1, 0.15) is 11.5 Å². The number of hydrogen-bond donors (Lipinski definition) is 2. The third-order valence-corrected chi connectivity index (χ3v) is 3.86. The van der Waals surface area contributed by atoms with Gasteiger partial charge < -0.3 is 10.2 Å². The fourth-order valence-electron chi connectivity index (χ4n) is 3.01. The van der Waals surface area contributed by atoms with E-state index >= 15 is 0 Å². The van der Waals surface area contributed by atoms with Crippen molar-refractivity contribution in [2.24, 2.45) is 0 Å². The summed E-state index contributed by atoms with van der Waals surface area (Å²) in [6.07, 6.45) is 0. The van der Waals surface area contributed by atoms with E-state index < -0.39 is 0 Å². The van der Waals surface area contributed by atoms with Crippen LogP contribution in [0.4, 0.5) is 0 Å². The summed E-state index contributed by atoms with van der Waals surface area (Å²) in [7, 11) is 0. The van der Waals surface area contributed by atoms with E-state index in [0.29, 0.717) is 5.75 Å². The van der Waals surface area contributed by atoms with E-state index in [1.807, 2.05) is 18.2 Å². The first-order chi connectivity index (χ1) is 10.0. The third-order valence-electron chi connectivity index (χ3n) is 3.86. The monoisotopic (exact) mass is 298 g/mol. The van der Waals surface area contributed by atoms with Gasteiger partial charge in [-0.15, -0.1) is 0 Å². The molecule has 2 nitrogen and oxygen atoms in total. The minimum absolute atomic E-state index is 0.103. The molecule has 0 aliphatic carbocycles. The van der Waals surface area contributed by atoms with E-state index in [1.54, 1.807) is 18.2 Å². The van der Waals surface area contributed by atoms with Crippen molar-refractivity contribution in [3.63, 3.8) is 0 Å². The molecular formula is C20H26O2. The molecule has 0 radical (unpaired) electrons. The summed E-state index contributed by atoms with van der Waals surface area (Å²) in [6, 6.07) is 11.0. The summed E-state index contributed by atoms with van der Waals surface area (Å²) in [6.45, 7) is 12.9. The Morgan fingerprint density at radius 3 is 1.59 bits per heavy atom. The summed E-state index contributed by atoms with van der Waals surface area (Å²) in [5.74, 6) is 0.607. The fourth-order valence-corrected chi connectivity index (χ4v) is 3.01. The highest BCUT2D eigenvalue weighted by Crippen LogP contribution is 2.44. The lowest BCUT2D eigenvalue weighted by Crippen LogP contribution is -2.23. The molecule has 0 bridgehead atoms. The highest BCUT2D eigenvalue weighted by Gasteiger charge is 2.30. The highest BCUT2D eigenvalue weighted by molar-refractivity contribution is 5.73. The molecule has 0 saturated carbocycles. The largest absolute Gasteiger partial charge is 0.508 e. The molecule has 118 valence electrons. The maximum atomic E-state index is 10.5. The van der Waals surface area contributed by atoms with Crippen molar-refractivity contribution in [3.8, 4) is 22.6 Å². The third kappa shape index (κ3) is 3.11. The second-order valence-electron chi connectivity index (χ2n) is 7.93. The van der Waals surface area contributed by atoms with Crippen molar-refractivity contribution in [3.05, 3.63) is 47.5 Å². The second-order valence-corrected chi connectivity index (χ2v) is 7.93. The van der Waals surface area contributed by atoms with E-state index in [4.69, 9.17) is 0 Å². The van der Waals surface area contributed by atoms with Gasteiger partial charge in [-0.3, -0.25) is 0 Å². The lowest BCUT2D eigenvalue weighted by atomic mass is 9.72. The van der Waals surface area contributed by atoms with E-state index in [-0.39, 0.29) is 16.6 Å². The molecule has 0 amide bonds. The van der Waals surface area contributed by atoms with Crippen LogP contribution in [0.3, 0.4) is 0 Å². The Kier molecular flexibility index (Phi) is 3.99. The van der Waals surface area contributed by atoms with Crippen molar-refractivity contribution in [2.75, 3.05) is 0 Å². The van der Waals surface area contributed by atoms with Crippen LogP contribution in [0.1, 0.15) is 52.7 Å². The maximum Gasteiger partial charge on any atom is 0.119 e. The second kappa shape index (κ2) is 5.35. The molecule has 2 aromatic carbocycles. The van der Waals surface area contributed by atoms with Crippen LogP contribution in [-0.2, 0) is 10.8 Å². The zero-order chi connectivity index (χ0) is 16.7. The normalized spacial score (nSPS) is 12.5. The topological polar surface area (TPSA) is 40.5 Å². The van der Waals surface area contributed by atoms with Crippen molar-refractivity contribution in [1.29, 1.82) is 0 Å². The summed E-state index contributed by atoms with van der Waals surface area (Å²) in [5, 5.41) is 20.0. The van der Waals surface area contributed by atoms with Crippen molar-refractivity contribution in [2.45, 2.75) is 52.4 Å². The van der Waals surface area contributed by atoms with E-state index in [2.05, 4.69) is 41.5 Å². The Morgan fingerprint density at radius 1 is 0.636 bits per heavy atom. The zero-order valence-electron chi connectivity index (χ0n) is 14.4. The van der Waals surface area contributed by atoms with Crippen LogP contribution in [0.15, 0.2) is 36.4 Å². The minimum Gasteiger partial charge on any atom is -0.508 e. The summed E-state index contributed by atoms with van der Waals surface area (Å²) >= 11 is 0. The first kappa shape index (κ1) is 16.4. The summed E-state index contributed by atoms with van der Waals surface area (Å²) < 4.78 is 0. The van der Waals surface area contributed by atoms with Gasteiger partial charge in [-0.2, -0.15) is 0 Å². The Morgan fingerprint density at radius 2 is 1.14 bits per heavy atom. The molecule has 2 rings (SSSR count). The average molecular weight is 298 g/mol. The first-order valence-electron chi connectivity index (χ1n) is 7.68. The zero-order valence-corrected chi connectivity index (χ0v) is 14.4. The van der Waals surface area contributed by atoms with Crippen LogP contribution < -0.4 is 0 Å². The standard InChI is InChI=1S/C20H26O2/c1-19(2,3)17-15(13-7-9-14(21)10-8-13)11-12-16(22)18(17)20(4,5)6/h7-12,21-22H,1-6H3. The number of phenolic OH excluding ortho intramolecular Hbond substituents is 2. The van der Waals surface area contributed by atoms with Crippen LogP contribution in [0.25, 0.3) is 11.1 Å². The van der Waals surface area contributed by atoms with Gasteiger partial charge in [0, 0.05) is 5.56 Å². The maximum absolute atomic E-state index is 10.5. The molecular weight excluding hydrogens is 272 g/mol. The smallest absolute Gasteiger partial charge is 0.119 e. The number of aromatic hydroxyl groups is 2. The molecule has 0 aromatic heterocycles. The van der Waals surface area contributed by atoms with E-state index in [9.17, 15) is 10.2 Å². The number of benzene rings is 2. The van der Waals surface area contributed by atoms with Gasteiger partial charge in [-0.25, -0.2) is 0 Å². The molecule has 0 heterocycles. The molecule has 0 spiro atoms. The molecule has 2 aromatic rings. The van der Waals surface area contributed by atoms with Gasteiger partial charge in [0.05, 0.1) is 0 Å². The lowest BCUT2D eigenvalue weighted by Gasteiger charge is -2.33. The molecule has 0 unspecified atom stereocenters. The van der Waals surface area contributed by atoms with Crippen LogP contribution in [0.2, 0.25) is 0 Å². The molecule has 22 heavy (non-hydrogen) atoms. The van der Waals surface area contributed by atoms with Gasteiger partial charge in [0.2, 0.25) is 0 Å². The predicted octanol–water partition coefficient (Wildman–Crippen LogP) is 5.36. The van der Waals surface area contributed by atoms with Gasteiger partial charge in [-0.05, 0) is 45.7 Å². The van der Waals surface area contributed by atoms with Crippen molar-refractivity contribution >= 4 is 0 Å². The molecule has 2 N–H and O–H groups in total. The van der Waals surface area contributed by atoms with Crippen molar-refractivity contribution < 1.29 is 10.2 Å². The molecule has 0 aliphatic heterocycles. The Bertz CT molecular complexity index is 669. The van der Waals surface area contributed by atoms with Gasteiger partial charge in [0.25, 0.3) is 0 Å². The summed E-state index contributed by atoms with van der Waals surface area (Å²) in [5.41, 5.74) is 4.05. The molecule has 0 aliphatic rings. The Labute approximate surface area is 133 Å². The highest BCUT2D eigenvalue weighted by atomic mass is 16.3. The molecule has 0 saturated heterocycles. The summed E-state index contributed by atoms with van der Waals surface area (Å²) in [4.78, 5) is 0. The van der Waals surface area contributed by atoms with Crippen LogP contribution >= 0.6 is 0 Å². The number of rotatable bonds is 1. The SMILES string of the molecule is CC(C)(C)c1c(O)ccc(-c2ccc(O)cc2)c1C(C)(C)C. The van der Waals surface area contributed by atoms with Crippen LogP contribution in [-0.4, -0.2) is 10.2 Å². The van der Waals surface area contributed by atoms with Crippen molar-refractivity contribution in [1.82, 2.24) is 0 Å². The van der Waals surface area contributed by atoms with Crippen LogP contribution in [0.5, 0.6) is 11.5 Å². The molecule has 0 atom stereocenters. The number of phenols is 2. The van der Waals surface area contributed by atoms with Gasteiger partial charge in [-0.1, -0.05) is 59.7 Å². The Hall–Kier alpha value is -1.96. The quantitative estimate of drug-likeness (QED) is 0.744.